The molecule has 3 aromatic rings. The molecule has 1 fully saturated rings. The zero-order valence-corrected chi connectivity index (χ0v) is 18.3. The van der Waals surface area contributed by atoms with Gasteiger partial charge < -0.3 is 14.8 Å². The Labute approximate surface area is 185 Å². The summed E-state index contributed by atoms with van der Waals surface area (Å²) in [7, 11) is 3.14. The second-order valence-electron chi connectivity index (χ2n) is 5.95. The van der Waals surface area contributed by atoms with Crippen molar-refractivity contribution in [1.82, 2.24) is 15.5 Å². The van der Waals surface area contributed by atoms with Crippen LogP contribution in [-0.4, -0.2) is 35.5 Å². The molecule has 7 nitrogen and oxygen atoms in total. The summed E-state index contributed by atoms with van der Waals surface area (Å²) in [5.74, 6) is 0.962. The number of ether oxygens (including phenoxy) is 2. The maximum Gasteiger partial charge on any atom is 0.264 e. The highest BCUT2D eigenvalue weighted by molar-refractivity contribution is 8.18. The van der Waals surface area contributed by atoms with E-state index in [2.05, 4.69) is 20.5 Å². The summed E-state index contributed by atoms with van der Waals surface area (Å²) < 4.78 is 10.8. The number of nitrogens with zero attached hydrogens (tertiary/aromatic N) is 3. The predicted molar refractivity (Wildman–Crippen MR) is 121 cm³/mol. The maximum atomic E-state index is 12.4. The molecule has 4 rings (SSSR count). The molecular formula is C20H15ClN4O3S2. The van der Waals surface area contributed by atoms with Gasteiger partial charge in [0, 0.05) is 10.6 Å². The minimum atomic E-state index is -0.255. The fourth-order valence-corrected chi connectivity index (χ4v) is 4.41. The van der Waals surface area contributed by atoms with Crippen LogP contribution in [0.1, 0.15) is 5.56 Å². The number of thioether (sulfide) groups is 1. The summed E-state index contributed by atoms with van der Waals surface area (Å²) in [6.45, 7) is 0. The number of benzene rings is 2. The molecule has 0 aliphatic carbocycles. The van der Waals surface area contributed by atoms with E-state index in [1.54, 1.807) is 44.6 Å². The first-order chi connectivity index (χ1) is 14.6. The van der Waals surface area contributed by atoms with Gasteiger partial charge in [-0.1, -0.05) is 41.1 Å². The molecular weight excluding hydrogens is 444 g/mol. The number of amides is 1. The summed E-state index contributed by atoms with van der Waals surface area (Å²) in [5, 5.41) is 13.2. The highest BCUT2D eigenvalue weighted by Gasteiger charge is 2.25. The van der Waals surface area contributed by atoms with Gasteiger partial charge in [-0.2, -0.15) is 4.99 Å². The highest BCUT2D eigenvalue weighted by Crippen LogP contribution is 2.36. The van der Waals surface area contributed by atoms with E-state index < -0.39 is 0 Å². The maximum absolute atomic E-state index is 12.4. The van der Waals surface area contributed by atoms with Crippen molar-refractivity contribution in [2.75, 3.05) is 14.2 Å². The van der Waals surface area contributed by atoms with Gasteiger partial charge in [-0.3, -0.25) is 4.79 Å². The summed E-state index contributed by atoms with van der Waals surface area (Å²) in [6.07, 6.45) is 1.72. The molecule has 0 spiro atoms. The zero-order valence-electron chi connectivity index (χ0n) is 15.9. The first-order valence-corrected chi connectivity index (χ1v) is 10.7. The van der Waals surface area contributed by atoms with Crippen molar-refractivity contribution >= 4 is 57.0 Å². The Morgan fingerprint density at radius 2 is 1.77 bits per heavy atom. The molecule has 0 unspecified atom stereocenters. The number of carbonyl (C=O) groups excluding carboxylic acids is 1. The summed E-state index contributed by atoms with van der Waals surface area (Å²) in [4.78, 5) is 17.3. The van der Waals surface area contributed by atoms with Crippen LogP contribution in [0.25, 0.3) is 16.6 Å². The Hall–Kier alpha value is -2.88. The Kier molecular flexibility index (Phi) is 6.03. The van der Waals surface area contributed by atoms with Gasteiger partial charge in [0.25, 0.3) is 5.91 Å². The van der Waals surface area contributed by atoms with E-state index in [4.69, 9.17) is 21.1 Å². The van der Waals surface area contributed by atoms with Crippen LogP contribution in [0.15, 0.2) is 52.4 Å². The molecule has 1 saturated heterocycles. The number of rotatable bonds is 5. The van der Waals surface area contributed by atoms with E-state index in [-0.39, 0.29) is 5.91 Å². The molecule has 1 aromatic heterocycles. The molecule has 0 atom stereocenters. The molecule has 1 amide bonds. The van der Waals surface area contributed by atoms with Gasteiger partial charge in [0.2, 0.25) is 5.13 Å². The third-order valence-corrected chi connectivity index (χ3v) is 6.12. The number of hydrogen-bond acceptors (Lipinski definition) is 8. The lowest BCUT2D eigenvalue weighted by atomic mass is 10.1. The lowest BCUT2D eigenvalue weighted by Crippen LogP contribution is -2.19. The Morgan fingerprint density at radius 3 is 2.43 bits per heavy atom. The lowest BCUT2D eigenvalue weighted by Gasteiger charge is -2.09. The van der Waals surface area contributed by atoms with Gasteiger partial charge in [0.1, 0.15) is 16.5 Å². The number of carbonyl (C=O) groups is 1. The van der Waals surface area contributed by atoms with Crippen LogP contribution in [0.4, 0.5) is 5.13 Å². The van der Waals surface area contributed by atoms with Crippen LogP contribution in [0.3, 0.4) is 0 Å². The van der Waals surface area contributed by atoms with Gasteiger partial charge in [-0.25, -0.2) is 0 Å². The Balaban J connectivity index is 1.58. The van der Waals surface area contributed by atoms with Crippen LogP contribution in [0.2, 0.25) is 5.02 Å². The first kappa shape index (κ1) is 20.4. The molecule has 2 aromatic carbocycles. The number of aliphatic imine (C=N–C) groups is 1. The second-order valence-corrected chi connectivity index (χ2v) is 8.38. The average molecular weight is 459 g/mol. The normalized spacial score (nSPS) is 16.2. The summed E-state index contributed by atoms with van der Waals surface area (Å²) >= 11 is 8.46. The van der Waals surface area contributed by atoms with E-state index in [0.29, 0.717) is 37.3 Å². The van der Waals surface area contributed by atoms with Gasteiger partial charge in [0.15, 0.2) is 5.17 Å². The van der Waals surface area contributed by atoms with Crippen molar-refractivity contribution in [3.8, 4) is 22.1 Å². The second kappa shape index (κ2) is 8.86. The first-order valence-electron chi connectivity index (χ1n) is 8.67. The predicted octanol–water partition coefficient (Wildman–Crippen LogP) is 4.77. The van der Waals surface area contributed by atoms with E-state index in [9.17, 15) is 4.79 Å². The minimum Gasteiger partial charge on any atom is -0.496 e. The topological polar surface area (TPSA) is 85.7 Å². The van der Waals surface area contributed by atoms with Crippen molar-refractivity contribution < 1.29 is 14.3 Å². The van der Waals surface area contributed by atoms with E-state index in [0.717, 1.165) is 10.6 Å². The largest absolute Gasteiger partial charge is 0.496 e. The SMILES string of the molecule is COc1cccc(OC)c1/C=C1\SC(=Nc2nnc(-c3ccc(Cl)cc3)s2)NC1=O. The fourth-order valence-electron chi connectivity index (χ4n) is 2.69. The lowest BCUT2D eigenvalue weighted by molar-refractivity contribution is -0.115. The van der Waals surface area contributed by atoms with E-state index >= 15 is 0 Å². The van der Waals surface area contributed by atoms with Gasteiger partial charge in [0.05, 0.1) is 24.7 Å². The molecule has 0 radical (unpaired) electrons. The fraction of sp³-hybridized carbons (Fsp3) is 0.100. The van der Waals surface area contributed by atoms with Gasteiger partial charge in [-0.05, 0) is 42.1 Å². The molecule has 152 valence electrons. The van der Waals surface area contributed by atoms with E-state index in [1.165, 1.54) is 23.1 Å². The third kappa shape index (κ3) is 4.33. The summed E-state index contributed by atoms with van der Waals surface area (Å²) in [5.41, 5.74) is 1.58. The van der Waals surface area contributed by atoms with Crippen LogP contribution in [0.5, 0.6) is 11.5 Å². The van der Waals surface area contributed by atoms with Gasteiger partial charge >= 0.3 is 0 Å². The average Bonchev–Trinajstić information content (AvgIpc) is 3.35. The standard InChI is InChI=1S/C20H15ClN4O3S2/c1-27-14-4-3-5-15(28-2)13(14)10-16-17(26)22-19(29-16)23-20-25-24-18(30-20)11-6-8-12(21)9-7-11/h3-10H,1-2H3,(H,22,23,25,26)/b16-10-. The number of halogens is 1. The number of amidine groups is 1. The number of hydrogen-bond donors (Lipinski definition) is 1. The Bertz CT molecular complexity index is 1140. The van der Waals surface area contributed by atoms with Crippen molar-refractivity contribution in [3.63, 3.8) is 0 Å². The van der Waals surface area contributed by atoms with Gasteiger partial charge in [-0.15, -0.1) is 10.2 Å². The number of aromatic nitrogens is 2. The van der Waals surface area contributed by atoms with E-state index in [1.807, 2.05) is 18.2 Å². The molecule has 30 heavy (non-hydrogen) atoms. The molecule has 10 heteroatoms. The molecule has 1 aliphatic rings. The number of methoxy groups -OCH3 is 2. The molecule has 2 heterocycles. The highest BCUT2D eigenvalue weighted by atomic mass is 35.5. The molecule has 1 aliphatic heterocycles. The minimum absolute atomic E-state index is 0.255. The quantitative estimate of drug-likeness (QED) is 0.554. The zero-order chi connectivity index (χ0) is 21.1. The van der Waals surface area contributed by atoms with Crippen molar-refractivity contribution in [3.05, 3.63) is 58.0 Å². The Morgan fingerprint density at radius 1 is 1.07 bits per heavy atom. The van der Waals surface area contributed by atoms with Crippen molar-refractivity contribution in [1.29, 1.82) is 0 Å². The molecule has 0 saturated carbocycles. The molecule has 0 bridgehead atoms. The van der Waals surface area contributed by atoms with Crippen LogP contribution in [0, 0.1) is 0 Å². The third-order valence-electron chi connectivity index (χ3n) is 4.09. The van der Waals surface area contributed by atoms with Crippen LogP contribution < -0.4 is 14.8 Å². The monoisotopic (exact) mass is 458 g/mol. The van der Waals surface area contributed by atoms with Crippen LogP contribution in [-0.2, 0) is 4.79 Å². The van der Waals surface area contributed by atoms with Crippen LogP contribution >= 0.6 is 34.7 Å². The molecule has 1 N–H and O–H groups in total. The summed E-state index contributed by atoms with van der Waals surface area (Å²) in [6, 6.07) is 12.8. The number of nitrogens with one attached hydrogen (secondary N) is 1. The van der Waals surface area contributed by atoms with Crippen molar-refractivity contribution in [2.24, 2.45) is 4.99 Å². The smallest absolute Gasteiger partial charge is 0.264 e. The van der Waals surface area contributed by atoms with Crippen molar-refractivity contribution in [2.45, 2.75) is 0 Å².